The normalized spacial score (nSPS) is 10.2. The Kier molecular flexibility index (Phi) is 2.42. The molecule has 2 aromatic heterocycles. The Balaban J connectivity index is 2.49. The molecule has 0 aliphatic heterocycles. The van der Waals surface area contributed by atoms with Crippen molar-refractivity contribution in [2.75, 3.05) is 0 Å². The van der Waals surface area contributed by atoms with Crippen molar-refractivity contribution in [1.29, 1.82) is 0 Å². The van der Waals surface area contributed by atoms with Crippen LogP contribution in [0.3, 0.4) is 0 Å². The molecule has 0 radical (unpaired) electrons. The van der Waals surface area contributed by atoms with Crippen molar-refractivity contribution < 1.29 is 9.90 Å². The van der Waals surface area contributed by atoms with Crippen LogP contribution in [-0.4, -0.2) is 26.3 Å². The lowest BCUT2D eigenvalue weighted by atomic mass is 10.2. The number of rotatable bonds is 2. The summed E-state index contributed by atoms with van der Waals surface area (Å²) in [6.45, 7) is 1.82. The maximum absolute atomic E-state index is 10.8. The first-order chi connectivity index (χ1) is 7.18. The van der Waals surface area contributed by atoms with E-state index in [1.165, 1.54) is 16.8 Å². The lowest BCUT2D eigenvalue weighted by molar-refractivity contribution is 0.0692. The number of thiazole rings is 1. The average molecular weight is 221 g/mol. The van der Waals surface area contributed by atoms with Crippen LogP contribution >= 0.6 is 11.3 Å². The second kappa shape index (κ2) is 3.74. The second-order valence-corrected chi connectivity index (χ2v) is 3.75. The predicted molar refractivity (Wildman–Crippen MR) is 54.8 cm³/mol. The first-order valence-corrected chi connectivity index (χ1v) is 5.04. The molecular formula is C9H7N3O2S. The number of carbonyl (C=O) groups is 1. The molecule has 0 fully saturated rings. The fraction of sp³-hybridized carbons (Fsp3) is 0.111. The Morgan fingerprint density at radius 1 is 1.40 bits per heavy atom. The van der Waals surface area contributed by atoms with Crippen LogP contribution in [-0.2, 0) is 0 Å². The molecule has 0 saturated heterocycles. The summed E-state index contributed by atoms with van der Waals surface area (Å²) in [7, 11) is 0. The van der Waals surface area contributed by atoms with Crippen molar-refractivity contribution in [2.24, 2.45) is 0 Å². The van der Waals surface area contributed by atoms with Gasteiger partial charge in [-0.2, -0.15) is 5.10 Å². The molecule has 0 bridgehead atoms. The molecule has 0 aromatic carbocycles. The van der Waals surface area contributed by atoms with Gasteiger partial charge in [0.1, 0.15) is 5.69 Å². The van der Waals surface area contributed by atoms with Crippen molar-refractivity contribution in [2.45, 2.75) is 6.92 Å². The summed E-state index contributed by atoms with van der Waals surface area (Å²) in [5, 5.41) is 16.7. The van der Waals surface area contributed by atoms with Crippen LogP contribution in [0, 0.1) is 6.92 Å². The summed E-state index contributed by atoms with van der Waals surface area (Å²) >= 11 is 1.24. The maximum atomic E-state index is 10.8. The number of carboxylic acid groups (broad SMARTS) is 1. The molecule has 0 aliphatic carbocycles. The molecule has 0 aliphatic rings. The largest absolute Gasteiger partial charge is 0.476 e. The van der Waals surface area contributed by atoms with Crippen LogP contribution in [0.15, 0.2) is 17.6 Å². The average Bonchev–Trinajstić information content (AvgIpc) is 2.67. The zero-order chi connectivity index (χ0) is 10.8. The monoisotopic (exact) mass is 221 g/mol. The Hall–Kier alpha value is -1.82. The Morgan fingerprint density at radius 2 is 2.20 bits per heavy atom. The van der Waals surface area contributed by atoms with Crippen molar-refractivity contribution in [3.63, 3.8) is 0 Å². The SMILES string of the molecule is Cc1ccc(-c2scnc2C(=O)O)nn1. The molecule has 15 heavy (non-hydrogen) atoms. The van der Waals surface area contributed by atoms with E-state index in [1.807, 2.05) is 6.92 Å². The summed E-state index contributed by atoms with van der Waals surface area (Å²) in [5.74, 6) is -1.05. The van der Waals surface area contributed by atoms with Gasteiger partial charge in [-0.3, -0.25) is 0 Å². The maximum Gasteiger partial charge on any atom is 0.356 e. The molecule has 0 amide bonds. The van der Waals surface area contributed by atoms with Crippen LogP contribution in [0.4, 0.5) is 0 Å². The van der Waals surface area contributed by atoms with Crippen LogP contribution in [0.5, 0.6) is 0 Å². The molecule has 0 atom stereocenters. The van der Waals surface area contributed by atoms with Crippen LogP contribution in [0.25, 0.3) is 10.6 Å². The first-order valence-electron chi connectivity index (χ1n) is 4.16. The highest BCUT2D eigenvalue weighted by atomic mass is 32.1. The van der Waals surface area contributed by atoms with E-state index in [0.29, 0.717) is 10.6 Å². The van der Waals surface area contributed by atoms with Crippen LogP contribution in [0.2, 0.25) is 0 Å². The summed E-state index contributed by atoms with van der Waals surface area (Å²) in [6.07, 6.45) is 0. The van der Waals surface area contributed by atoms with Gasteiger partial charge in [0.2, 0.25) is 0 Å². The van der Waals surface area contributed by atoms with E-state index < -0.39 is 5.97 Å². The lowest BCUT2D eigenvalue weighted by Crippen LogP contribution is -1.99. The summed E-state index contributed by atoms with van der Waals surface area (Å²) < 4.78 is 0. The molecule has 0 spiro atoms. The number of aromatic nitrogens is 3. The van der Waals surface area contributed by atoms with Crippen molar-refractivity contribution in [1.82, 2.24) is 15.2 Å². The van der Waals surface area contributed by atoms with E-state index in [1.54, 1.807) is 12.1 Å². The Bertz CT molecular complexity index is 492. The quantitative estimate of drug-likeness (QED) is 0.833. The van der Waals surface area contributed by atoms with E-state index >= 15 is 0 Å². The highest BCUT2D eigenvalue weighted by molar-refractivity contribution is 7.13. The minimum absolute atomic E-state index is 0.0261. The van der Waals surface area contributed by atoms with Gasteiger partial charge in [0.15, 0.2) is 5.69 Å². The third-order valence-corrected chi connectivity index (χ3v) is 2.65. The molecule has 5 nitrogen and oxygen atoms in total. The number of hydrogen-bond donors (Lipinski definition) is 1. The number of nitrogens with zero attached hydrogens (tertiary/aromatic N) is 3. The number of aromatic carboxylic acids is 1. The zero-order valence-electron chi connectivity index (χ0n) is 7.84. The van der Waals surface area contributed by atoms with Crippen LogP contribution in [0.1, 0.15) is 16.2 Å². The molecule has 2 rings (SSSR count). The van der Waals surface area contributed by atoms with Gasteiger partial charge in [-0.15, -0.1) is 16.4 Å². The van der Waals surface area contributed by atoms with Gasteiger partial charge in [0.05, 0.1) is 16.1 Å². The van der Waals surface area contributed by atoms with E-state index in [-0.39, 0.29) is 5.69 Å². The van der Waals surface area contributed by atoms with Gasteiger partial charge in [-0.25, -0.2) is 9.78 Å². The molecule has 0 unspecified atom stereocenters. The molecule has 2 aromatic rings. The topological polar surface area (TPSA) is 76.0 Å². The predicted octanol–water partition coefficient (Wildman–Crippen LogP) is 1.61. The minimum atomic E-state index is -1.05. The highest BCUT2D eigenvalue weighted by Gasteiger charge is 2.16. The van der Waals surface area contributed by atoms with E-state index in [4.69, 9.17) is 5.11 Å². The van der Waals surface area contributed by atoms with Gasteiger partial charge in [0.25, 0.3) is 0 Å². The van der Waals surface area contributed by atoms with E-state index in [2.05, 4.69) is 15.2 Å². The fourth-order valence-corrected chi connectivity index (χ4v) is 1.85. The molecule has 1 N–H and O–H groups in total. The van der Waals surface area contributed by atoms with Gasteiger partial charge >= 0.3 is 5.97 Å². The fourth-order valence-electron chi connectivity index (χ4n) is 1.10. The highest BCUT2D eigenvalue weighted by Crippen LogP contribution is 2.25. The lowest BCUT2D eigenvalue weighted by Gasteiger charge is -1.97. The number of aryl methyl sites for hydroxylation is 1. The standard InChI is InChI=1S/C9H7N3O2S/c1-5-2-3-6(12-11-5)8-7(9(13)14)10-4-15-8/h2-4H,1H3,(H,13,14). The second-order valence-electron chi connectivity index (χ2n) is 2.90. The van der Waals surface area contributed by atoms with Crippen molar-refractivity contribution in [3.05, 3.63) is 29.0 Å². The molecule has 0 saturated carbocycles. The van der Waals surface area contributed by atoms with E-state index in [0.717, 1.165) is 5.69 Å². The summed E-state index contributed by atoms with van der Waals surface area (Å²) in [5.41, 5.74) is 2.85. The smallest absolute Gasteiger partial charge is 0.356 e. The van der Waals surface area contributed by atoms with Crippen molar-refractivity contribution >= 4 is 17.3 Å². The molecular weight excluding hydrogens is 214 g/mol. The first kappa shape index (κ1) is 9.72. The third kappa shape index (κ3) is 1.84. The molecule has 6 heteroatoms. The Morgan fingerprint density at radius 3 is 2.80 bits per heavy atom. The Labute approximate surface area is 89.4 Å². The van der Waals surface area contributed by atoms with Crippen LogP contribution < -0.4 is 0 Å². The summed E-state index contributed by atoms with van der Waals surface area (Å²) in [4.78, 5) is 15.1. The summed E-state index contributed by atoms with van der Waals surface area (Å²) in [6, 6.07) is 3.52. The van der Waals surface area contributed by atoms with Gasteiger partial charge < -0.3 is 5.11 Å². The van der Waals surface area contributed by atoms with Gasteiger partial charge in [-0.05, 0) is 19.1 Å². The molecule has 2 heterocycles. The number of carboxylic acids is 1. The van der Waals surface area contributed by atoms with E-state index in [9.17, 15) is 4.79 Å². The zero-order valence-corrected chi connectivity index (χ0v) is 8.65. The van der Waals surface area contributed by atoms with Gasteiger partial charge in [-0.1, -0.05) is 0 Å². The van der Waals surface area contributed by atoms with Gasteiger partial charge in [0, 0.05) is 0 Å². The van der Waals surface area contributed by atoms with Crippen molar-refractivity contribution in [3.8, 4) is 10.6 Å². The molecule has 76 valence electrons. The minimum Gasteiger partial charge on any atom is -0.476 e. The number of hydrogen-bond acceptors (Lipinski definition) is 5. The third-order valence-electron chi connectivity index (χ3n) is 1.80.